The number of allylic oxidation sites excluding steroid dienone is 1. The molecule has 0 saturated heterocycles. The molecule has 1 heterocycles. The van der Waals surface area contributed by atoms with Gasteiger partial charge in [-0.15, -0.1) is 0 Å². The Labute approximate surface area is 52.1 Å². The first-order chi connectivity index (χ1) is 3.79. The van der Waals surface area contributed by atoms with Gasteiger partial charge in [-0.05, 0) is 23.4 Å². The zero-order valence-corrected chi connectivity index (χ0v) is 5.06. The molecule has 0 bridgehead atoms. The van der Waals surface area contributed by atoms with Crippen LogP contribution in [0.1, 0.15) is 0 Å². The number of hydrogen-bond donors (Lipinski definition) is 2. The van der Waals surface area contributed by atoms with Gasteiger partial charge in [-0.1, -0.05) is 0 Å². The summed E-state index contributed by atoms with van der Waals surface area (Å²) in [5.74, 6) is 5.31. The number of hydrogen-bond acceptors (Lipinski definition) is 4. The van der Waals surface area contributed by atoms with Crippen molar-refractivity contribution in [2.24, 2.45) is 11.6 Å². The summed E-state index contributed by atoms with van der Waals surface area (Å²) in [6.45, 7) is 0. The number of hydrazine groups is 1. The first-order valence-corrected chi connectivity index (χ1v) is 2.97. The lowest BCUT2D eigenvalue weighted by Crippen LogP contribution is -2.19. The van der Waals surface area contributed by atoms with Crippen LogP contribution >= 0.6 is 11.9 Å². The second kappa shape index (κ2) is 2.11. The molecule has 0 saturated carbocycles. The summed E-state index contributed by atoms with van der Waals surface area (Å²) >= 11 is 1.40. The first-order valence-electron chi connectivity index (χ1n) is 2.13. The molecule has 1 rings (SSSR count). The summed E-state index contributed by atoms with van der Waals surface area (Å²) in [5.41, 5.74) is 6.05. The molecule has 0 unspecified atom stereocenters. The fourth-order valence-corrected chi connectivity index (χ4v) is 0.941. The molecule has 0 aromatic rings. The van der Waals surface area contributed by atoms with Gasteiger partial charge in [0.2, 0.25) is 0 Å². The van der Waals surface area contributed by atoms with E-state index in [4.69, 9.17) is 11.6 Å². The van der Waals surface area contributed by atoms with Crippen LogP contribution in [-0.4, -0.2) is 4.41 Å². The summed E-state index contributed by atoms with van der Waals surface area (Å²) < 4.78 is 1.45. The molecule has 0 amide bonds. The van der Waals surface area contributed by atoms with Crippen LogP contribution in [0.2, 0.25) is 0 Å². The topological polar surface area (TPSA) is 55.3 Å². The van der Waals surface area contributed by atoms with Crippen LogP contribution in [0.4, 0.5) is 0 Å². The highest BCUT2D eigenvalue weighted by Crippen LogP contribution is 2.12. The number of nitrogens with two attached hydrogens (primary N) is 2. The minimum Gasteiger partial charge on any atom is -0.397 e. The van der Waals surface area contributed by atoms with Crippen LogP contribution < -0.4 is 11.6 Å². The summed E-state index contributed by atoms with van der Waals surface area (Å²) in [5, 5.41) is 1.83. The van der Waals surface area contributed by atoms with Crippen LogP contribution in [0.3, 0.4) is 0 Å². The Hall–Kier alpha value is -0.610. The largest absolute Gasteiger partial charge is 0.397 e. The molecule has 3 nitrogen and oxygen atoms in total. The summed E-state index contributed by atoms with van der Waals surface area (Å²) in [7, 11) is 0. The first kappa shape index (κ1) is 5.53. The van der Waals surface area contributed by atoms with Gasteiger partial charge in [0.25, 0.3) is 0 Å². The van der Waals surface area contributed by atoms with Crippen molar-refractivity contribution in [3.8, 4) is 0 Å². The Morgan fingerprint density at radius 1 is 1.62 bits per heavy atom. The van der Waals surface area contributed by atoms with E-state index in [1.807, 2.05) is 5.41 Å². The van der Waals surface area contributed by atoms with Crippen molar-refractivity contribution in [3.63, 3.8) is 0 Å². The van der Waals surface area contributed by atoms with E-state index < -0.39 is 0 Å². The van der Waals surface area contributed by atoms with E-state index in [1.165, 1.54) is 16.4 Å². The molecule has 0 aromatic carbocycles. The average Bonchev–Trinajstić information content (AvgIpc) is 1.64. The van der Waals surface area contributed by atoms with Crippen LogP contribution in [-0.2, 0) is 0 Å². The third-order valence-electron chi connectivity index (χ3n) is 0.719. The minimum absolute atomic E-state index is 0.686. The van der Waals surface area contributed by atoms with E-state index in [-0.39, 0.29) is 0 Å². The molecule has 0 fully saturated rings. The Bertz CT molecular complexity index is 140. The third kappa shape index (κ3) is 1.18. The van der Waals surface area contributed by atoms with Gasteiger partial charge < -0.3 is 5.73 Å². The van der Waals surface area contributed by atoms with Crippen LogP contribution in [0, 0.1) is 0 Å². The highest BCUT2D eigenvalue weighted by atomic mass is 32.2. The van der Waals surface area contributed by atoms with Crippen molar-refractivity contribution in [2.45, 2.75) is 0 Å². The predicted octanol–water partition coefficient (Wildman–Crippen LogP) is 0.138. The fraction of sp³-hybridized carbons (Fsp3) is 0. The molecule has 0 radical (unpaired) electrons. The molecule has 0 aromatic heterocycles. The number of nitrogens with zero attached hydrogens (tertiary/aromatic N) is 1. The van der Waals surface area contributed by atoms with E-state index in [1.54, 1.807) is 12.3 Å². The maximum atomic E-state index is 5.36. The van der Waals surface area contributed by atoms with Crippen molar-refractivity contribution < 1.29 is 0 Å². The standard InChI is InChI=1S/C4H7N3S/c5-4-1-2-8-7(6)3-4/h1-3H,5-6H2. The van der Waals surface area contributed by atoms with E-state index in [0.717, 1.165) is 0 Å². The van der Waals surface area contributed by atoms with Gasteiger partial charge >= 0.3 is 0 Å². The van der Waals surface area contributed by atoms with Gasteiger partial charge in [-0.25, -0.2) is 5.84 Å². The molecule has 0 atom stereocenters. The lowest BCUT2D eigenvalue weighted by Gasteiger charge is -2.12. The van der Waals surface area contributed by atoms with E-state index in [2.05, 4.69) is 0 Å². The summed E-state index contributed by atoms with van der Waals surface area (Å²) in [4.78, 5) is 0. The summed E-state index contributed by atoms with van der Waals surface area (Å²) in [6.07, 6.45) is 3.46. The van der Waals surface area contributed by atoms with Crippen LogP contribution in [0.5, 0.6) is 0 Å². The second-order valence-electron chi connectivity index (χ2n) is 1.40. The molecule has 4 N–H and O–H groups in total. The zero-order chi connectivity index (χ0) is 5.98. The van der Waals surface area contributed by atoms with Crippen molar-refractivity contribution in [1.29, 1.82) is 0 Å². The van der Waals surface area contributed by atoms with Crippen LogP contribution in [0.25, 0.3) is 0 Å². The molecule has 0 spiro atoms. The molecule has 1 aliphatic rings. The van der Waals surface area contributed by atoms with Crippen molar-refractivity contribution in [1.82, 2.24) is 4.41 Å². The Morgan fingerprint density at radius 2 is 2.38 bits per heavy atom. The highest BCUT2D eigenvalue weighted by Gasteiger charge is 1.95. The molecule has 0 aliphatic carbocycles. The molecule has 8 heavy (non-hydrogen) atoms. The lowest BCUT2D eigenvalue weighted by atomic mass is 10.5. The molecule has 44 valence electrons. The van der Waals surface area contributed by atoms with Gasteiger partial charge in [0.15, 0.2) is 0 Å². The van der Waals surface area contributed by atoms with Gasteiger partial charge in [-0.2, -0.15) is 0 Å². The van der Waals surface area contributed by atoms with Gasteiger partial charge in [0.05, 0.1) is 11.9 Å². The molecule has 1 aliphatic heterocycles. The van der Waals surface area contributed by atoms with Crippen LogP contribution in [0.15, 0.2) is 23.4 Å². The Kier molecular flexibility index (Phi) is 1.45. The van der Waals surface area contributed by atoms with Crippen molar-refractivity contribution in [2.75, 3.05) is 0 Å². The fourth-order valence-electron chi connectivity index (χ4n) is 0.400. The van der Waals surface area contributed by atoms with Crippen molar-refractivity contribution >= 4 is 11.9 Å². The van der Waals surface area contributed by atoms with E-state index in [9.17, 15) is 0 Å². The molecular formula is C4H7N3S. The maximum Gasteiger partial charge on any atom is 0.0517 e. The smallest absolute Gasteiger partial charge is 0.0517 e. The van der Waals surface area contributed by atoms with Gasteiger partial charge in [0, 0.05) is 0 Å². The number of rotatable bonds is 0. The van der Waals surface area contributed by atoms with Gasteiger partial charge in [0.1, 0.15) is 0 Å². The zero-order valence-electron chi connectivity index (χ0n) is 4.24. The molecule has 4 heteroatoms. The highest BCUT2D eigenvalue weighted by molar-refractivity contribution is 7.99. The lowest BCUT2D eigenvalue weighted by molar-refractivity contribution is 0.667. The Balaban J connectivity index is 2.63. The van der Waals surface area contributed by atoms with E-state index in [0.29, 0.717) is 5.70 Å². The quantitative estimate of drug-likeness (QED) is 0.361. The summed E-state index contributed by atoms with van der Waals surface area (Å²) in [6, 6.07) is 0. The van der Waals surface area contributed by atoms with Crippen molar-refractivity contribution in [3.05, 3.63) is 23.4 Å². The monoisotopic (exact) mass is 129 g/mol. The third-order valence-corrected chi connectivity index (χ3v) is 1.33. The average molecular weight is 129 g/mol. The normalized spacial score (nSPS) is 18.6. The van der Waals surface area contributed by atoms with E-state index >= 15 is 0 Å². The second-order valence-corrected chi connectivity index (χ2v) is 2.30. The predicted molar refractivity (Wildman–Crippen MR) is 35.0 cm³/mol. The SMILES string of the molecule is NC1=CN(N)SC=C1. The van der Waals surface area contributed by atoms with Gasteiger partial charge in [-0.3, -0.25) is 4.41 Å². The maximum absolute atomic E-state index is 5.36. The Morgan fingerprint density at radius 3 is 2.75 bits per heavy atom. The minimum atomic E-state index is 0.686. The molecular weight excluding hydrogens is 122 g/mol.